The van der Waals surface area contributed by atoms with Gasteiger partial charge in [-0.2, -0.15) is 0 Å². The summed E-state index contributed by atoms with van der Waals surface area (Å²) in [6, 6.07) is 13.3. The van der Waals surface area contributed by atoms with Crippen molar-refractivity contribution in [2.24, 2.45) is 0 Å². The Labute approximate surface area is 133 Å². The summed E-state index contributed by atoms with van der Waals surface area (Å²) in [4.78, 5) is 23.9. The molecule has 3 N–H and O–H groups in total. The number of amides is 1. The zero-order chi connectivity index (χ0) is 16.1. The minimum absolute atomic E-state index is 0.237. The van der Waals surface area contributed by atoms with Gasteiger partial charge < -0.3 is 15.8 Å². The molecule has 1 atom stereocenters. The molecule has 114 valence electrons. The Balaban J connectivity index is 1.98. The lowest BCUT2D eigenvalue weighted by Crippen LogP contribution is -2.30. The number of benzene rings is 2. The van der Waals surface area contributed by atoms with E-state index in [4.69, 9.17) is 22.1 Å². The number of hydrogen-bond donors (Lipinski definition) is 2. The summed E-state index contributed by atoms with van der Waals surface area (Å²) in [5.41, 5.74) is 6.78. The maximum Gasteiger partial charge on any atom is 0.338 e. The molecular weight excluding hydrogens is 304 g/mol. The molecule has 0 spiro atoms. The van der Waals surface area contributed by atoms with E-state index in [1.54, 1.807) is 24.3 Å². The highest BCUT2D eigenvalue weighted by molar-refractivity contribution is 6.33. The van der Waals surface area contributed by atoms with E-state index in [0.29, 0.717) is 10.7 Å². The fourth-order valence-electron chi connectivity index (χ4n) is 1.72. The zero-order valence-electron chi connectivity index (χ0n) is 11.9. The van der Waals surface area contributed by atoms with Crippen LogP contribution < -0.4 is 11.1 Å². The third kappa shape index (κ3) is 3.99. The van der Waals surface area contributed by atoms with Crippen LogP contribution in [0.4, 0.5) is 11.4 Å². The first-order chi connectivity index (χ1) is 10.5. The fourth-order valence-corrected chi connectivity index (χ4v) is 1.84. The molecule has 0 bridgehead atoms. The molecule has 0 saturated heterocycles. The maximum atomic E-state index is 12.0. The van der Waals surface area contributed by atoms with E-state index in [0.717, 1.165) is 0 Å². The van der Waals surface area contributed by atoms with Gasteiger partial charge >= 0.3 is 5.97 Å². The fraction of sp³-hybridized carbons (Fsp3) is 0.125. The molecule has 1 amide bonds. The first kappa shape index (κ1) is 15.9. The standard InChI is InChI=1S/C16H15ClN2O3/c1-10(15(20)19-12-5-3-2-4-6-12)22-16(21)11-7-8-13(17)14(18)9-11/h2-10H,18H2,1H3,(H,19,20)/t10-/m1/s1. The smallest absolute Gasteiger partial charge is 0.338 e. The van der Waals surface area contributed by atoms with Crippen LogP contribution in [0.3, 0.4) is 0 Å². The summed E-state index contributed by atoms with van der Waals surface area (Å²) in [6.07, 6.45) is -0.940. The van der Waals surface area contributed by atoms with E-state index in [1.165, 1.54) is 25.1 Å². The Bertz CT molecular complexity index is 689. The minimum atomic E-state index is -0.940. The first-order valence-corrected chi connectivity index (χ1v) is 6.97. The van der Waals surface area contributed by atoms with E-state index in [9.17, 15) is 9.59 Å². The average Bonchev–Trinajstić information content (AvgIpc) is 2.50. The Hall–Kier alpha value is -2.53. The SMILES string of the molecule is C[C@@H](OC(=O)c1ccc(Cl)c(N)c1)C(=O)Nc1ccccc1. The first-order valence-electron chi connectivity index (χ1n) is 6.59. The molecule has 6 heteroatoms. The molecule has 5 nitrogen and oxygen atoms in total. The summed E-state index contributed by atoms with van der Waals surface area (Å²) in [6.45, 7) is 1.50. The van der Waals surface area contributed by atoms with Crippen molar-refractivity contribution in [1.82, 2.24) is 0 Å². The van der Waals surface area contributed by atoms with Crippen molar-refractivity contribution >= 4 is 34.9 Å². The average molecular weight is 319 g/mol. The highest BCUT2D eigenvalue weighted by Crippen LogP contribution is 2.20. The van der Waals surface area contributed by atoms with Gasteiger partial charge in [0, 0.05) is 5.69 Å². The van der Waals surface area contributed by atoms with Gasteiger partial charge in [0.05, 0.1) is 16.3 Å². The zero-order valence-corrected chi connectivity index (χ0v) is 12.6. The van der Waals surface area contributed by atoms with E-state index in [-0.39, 0.29) is 11.3 Å². The number of nitrogens with one attached hydrogen (secondary N) is 1. The van der Waals surface area contributed by atoms with Crippen LogP contribution in [0.1, 0.15) is 17.3 Å². The summed E-state index contributed by atoms with van der Waals surface area (Å²) >= 11 is 5.79. The van der Waals surface area contributed by atoms with Crippen LogP contribution >= 0.6 is 11.6 Å². The largest absolute Gasteiger partial charge is 0.449 e. The second kappa shape index (κ2) is 6.95. The molecule has 0 fully saturated rings. The van der Waals surface area contributed by atoms with E-state index in [2.05, 4.69) is 5.32 Å². The third-order valence-corrected chi connectivity index (χ3v) is 3.27. The number of rotatable bonds is 4. The van der Waals surface area contributed by atoms with Crippen LogP contribution in [-0.2, 0) is 9.53 Å². The molecule has 0 aliphatic carbocycles. The summed E-state index contributed by atoms with van der Waals surface area (Å²) in [5.74, 6) is -1.06. The van der Waals surface area contributed by atoms with Crippen LogP contribution in [-0.4, -0.2) is 18.0 Å². The number of esters is 1. The number of carbonyl (C=O) groups excluding carboxylic acids is 2. The van der Waals surface area contributed by atoms with Crippen LogP contribution in [0.5, 0.6) is 0 Å². The normalized spacial score (nSPS) is 11.5. The molecule has 2 aromatic carbocycles. The van der Waals surface area contributed by atoms with Gasteiger partial charge in [0.25, 0.3) is 5.91 Å². The van der Waals surface area contributed by atoms with Gasteiger partial charge in [-0.05, 0) is 37.3 Å². The third-order valence-electron chi connectivity index (χ3n) is 2.93. The highest BCUT2D eigenvalue weighted by atomic mass is 35.5. The molecule has 0 aliphatic heterocycles. The van der Waals surface area contributed by atoms with Crippen molar-refractivity contribution in [2.75, 3.05) is 11.1 Å². The van der Waals surface area contributed by atoms with Gasteiger partial charge in [-0.3, -0.25) is 4.79 Å². The number of halogens is 1. The van der Waals surface area contributed by atoms with Crippen molar-refractivity contribution in [3.05, 3.63) is 59.1 Å². The molecule has 22 heavy (non-hydrogen) atoms. The lowest BCUT2D eigenvalue weighted by Gasteiger charge is -2.13. The number of para-hydroxylation sites is 1. The molecule has 2 aromatic rings. The van der Waals surface area contributed by atoms with Crippen molar-refractivity contribution in [3.8, 4) is 0 Å². The van der Waals surface area contributed by atoms with E-state index in [1.807, 2.05) is 6.07 Å². The van der Waals surface area contributed by atoms with Crippen LogP contribution in [0, 0.1) is 0 Å². The lowest BCUT2D eigenvalue weighted by molar-refractivity contribution is -0.123. The van der Waals surface area contributed by atoms with Gasteiger partial charge in [-0.25, -0.2) is 4.79 Å². The quantitative estimate of drug-likeness (QED) is 0.670. The number of carbonyl (C=O) groups is 2. The van der Waals surface area contributed by atoms with Crippen molar-refractivity contribution in [2.45, 2.75) is 13.0 Å². The predicted octanol–water partition coefficient (Wildman–Crippen LogP) is 3.11. The summed E-state index contributed by atoms with van der Waals surface area (Å²) in [7, 11) is 0. The summed E-state index contributed by atoms with van der Waals surface area (Å²) in [5, 5.41) is 3.01. The van der Waals surface area contributed by atoms with E-state index >= 15 is 0 Å². The van der Waals surface area contributed by atoms with E-state index < -0.39 is 18.0 Å². The van der Waals surface area contributed by atoms with Gasteiger partial charge in [0.1, 0.15) is 0 Å². The van der Waals surface area contributed by atoms with Crippen LogP contribution in [0.2, 0.25) is 5.02 Å². The number of nitrogen functional groups attached to an aromatic ring is 1. The maximum absolute atomic E-state index is 12.0. The van der Waals surface area contributed by atoms with Crippen LogP contribution in [0.15, 0.2) is 48.5 Å². The van der Waals surface area contributed by atoms with Crippen molar-refractivity contribution < 1.29 is 14.3 Å². The van der Waals surface area contributed by atoms with Gasteiger partial charge in [-0.1, -0.05) is 29.8 Å². The predicted molar refractivity (Wildman–Crippen MR) is 85.8 cm³/mol. The minimum Gasteiger partial charge on any atom is -0.449 e. The van der Waals surface area contributed by atoms with Gasteiger partial charge in [0.15, 0.2) is 6.10 Å². The van der Waals surface area contributed by atoms with Gasteiger partial charge in [0.2, 0.25) is 0 Å². The Kier molecular flexibility index (Phi) is 5.01. The van der Waals surface area contributed by atoms with Gasteiger partial charge in [-0.15, -0.1) is 0 Å². The number of ether oxygens (including phenoxy) is 1. The topological polar surface area (TPSA) is 81.4 Å². The second-order valence-electron chi connectivity index (χ2n) is 4.64. The lowest BCUT2D eigenvalue weighted by atomic mass is 10.2. The molecule has 0 aromatic heterocycles. The molecule has 0 saturated carbocycles. The Morgan fingerprint density at radius 2 is 1.86 bits per heavy atom. The monoisotopic (exact) mass is 318 g/mol. The summed E-state index contributed by atoms with van der Waals surface area (Å²) < 4.78 is 5.12. The highest BCUT2D eigenvalue weighted by Gasteiger charge is 2.19. The molecule has 0 aliphatic rings. The molecule has 0 radical (unpaired) electrons. The van der Waals surface area contributed by atoms with Crippen LogP contribution in [0.25, 0.3) is 0 Å². The van der Waals surface area contributed by atoms with Crippen molar-refractivity contribution in [1.29, 1.82) is 0 Å². The number of anilines is 2. The number of hydrogen-bond acceptors (Lipinski definition) is 4. The number of nitrogens with two attached hydrogens (primary N) is 1. The Morgan fingerprint density at radius 1 is 1.18 bits per heavy atom. The molecule has 0 heterocycles. The second-order valence-corrected chi connectivity index (χ2v) is 5.05. The molecular formula is C16H15ClN2O3. The Morgan fingerprint density at radius 3 is 2.50 bits per heavy atom. The van der Waals surface area contributed by atoms with Crippen molar-refractivity contribution in [3.63, 3.8) is 0 Å². The molecule has 0 unspecified atom stereocenters. The molecule has 2 rings (SSSR count).